The molecular weight excluding hydrogens is 872 g/mol. The van der Waals surface area contributed by atoms with Crippen LogP contribution in [-0.2, 0) is 13.7 Å². The van der Waals surface area contributed by atoms with Crippen LogP contribution in [0, 0.1) is 35.4 Å². The van der Waals surface area contributed by atoms with Gasteiger partial charge in [-0.25, -0.2) is 9.38 Å². The van der Waals surface area contributed by atoms with Crippen molar-refractivity contribution < 1.29 is 9.50 Å². The van der Waals surface area contributed by atoms with Crippen molar-refractivity contribution in [2.75, 3.05) is 38.5 Å². The Hall–Kier alpha value is -4.64. The molecule has 378 valence electrons. The zero-order chi connectivity index (χ0) is 49.3. The summed E-state index contributed by atoms with van der Waals surface area (Å²) in [5.74, 6) is 2.66. The van der Waals surface area contributed by atoms with E-state index in [4.69, 9.17) is 4.99 Å². The van der Waals surface area contributed by atoms with Crippen LogP contribution in [0.3, 0.4) is 0 Å². The Labute approximate surface area is 418 Å². The highest BCUT2D eigenvalue weighted by Crippen LogP contribution is 2.42. The van der Waals surface area contributed by atoms with Crippen LogP contribution in [0.4, 0.5) is 10.1 Å². The maximum atomic E-state index is 15.6. The smallest absolute Gasteiger partial charge is 0.274 e. The average Bonchev–Trinajstić information content (AvgIpc) is 4.22. The van der Waals surface area contributed by atoms with Gasteiger partial charge in [0.25, 0.3) is 11.1 Å². The number of likely N-dealkylation sites (N-methyl/N-ethyl adjacent to an activating group) is 1. The number of anilines is 1. The van der Waals surface area contributed by atoms with E-state index in [1.165, 1.54) is 86.8 Å². The normalized spacial score (nSPS) is 25.8. The van der Waals surface area contributed by atoms with Gasteiger partial charge in [-0.1, -0.05) is 115 Å². The first-order chi connectivity index (χ1) is 33.9. The van der Waals surface area contributed by atoms with E-state index in [-0.39, 0.29) is 35.4 Å². The van der Waals surface area contributed by atoms with E-state index in [1.54, 1.807) is 36.1 Å². The molecule has 1 saturated carbocycles. The van der Waals surface area contributed by atoms with Crippen LogP contribution in [0.2, 0.25) is 0 Å². The second kappa shape index (κ2) is 24.2. The van der Waals surface area contributed by atoms with Gasteiger partial charge in [0, 0.05) is 74.9 Å². The third-order valence-electron chi connectivity index (χ3n) is 16.8. The zero-order valence-electron chi connectivity index (χ0n) is 43.4. The van der Waals surface area contributed by atoms with Crippen LogP contribution in [0.5, 0.6) is 0 Å². The molecule has 2 fully saturated rings. The molecule has 2 N–H and O–H groups in total. The van der Waals surface area contributed by atoms with E-state index in [0.717, 1.165) is 76.2 Å². The number of nitrogens with one attached hydrogen (secondary N) is 1. The first kappa shape index (κ1) is 51.7. The first-order valence-corrected chi connectivity index (χ1v) is 27.3. The van der Waals surface area contributed by atoms with Crippen molar-refractivity contribution in [3.8, 4) is 16.8 Å². The molecule has 4 aromatic rings. The minimum absolute atomic E-state index is 0.0374. The van der Waals surface area contributed by atoms with E-state index in [2.05, 4.69) is 68.2 Å². The highest BCUT2D eigenvalue weighted by atomic mass is 19.1. The highest BCUT2D eigenvalue weighted by Gasteiger charge is 2.39. The Morgan fingerprint density at radius 3 is 2.24 bits per heavy atom. The van der Waals surface area contributed by atoms with Gasteiger partial charge in [0.1, 0.15) is 17.3 Å². The number of hydrogen-bond acceptors (Lipinski definition) is 7. The fraction of sp³-hybridized carbons (Fsp3) is 0.583. The molecule has 6 unspecified atom stereocenters. The lowest BCUT2D eigenvalue weighted by molar-refractivity contribution is 0.0516. The van der Waals surface area contributed by atoms with Gasteiger partial charge >= 0.3 is 0 Å². The number of aliphatic hydroxyl groups excluding tert-OH is 1. The lowest BCUT2D eigenvalue weighted by Crippen LogP contribution is -2.55. The number of fused-ring (bicyclic) bond motifs is 3. The molecule has 0 spiro atoms. The van der Waals surface area contributed by atoms with Crippen molar-refractivity contribution in [1.29, 1.82) is 0 Å². The predicted molar refractivity (Wildman–Crippen MR) is 289 cm³/mol. The number of nitrogens with zero attached hydrogens (tertiary/aromatic N) is 5. The quantitative estimate of drug-likeness (QED) is 0.179. The van der Waals surface area contributed by atoms with Crippen molar-refractivity contribution in [2.24, 2.45) is 41.6 Å². The number of benzene rings is 2. The van der Waals surface area contributed by atoms with Crippen LogP contribution in [0.15, 0.2) is 93.0 Å². The van der Waals surface area contributed by atoms with Gasteiger partial charge in [0.05, 0.1) is 17.7 Å². The molecule has 6 atom stereocenters. The number of aryl methyl sites for hydroxylation is 1. The molecule has 4 heterocycles. The Morgan fingerprint density at radius 1 is 0.814 bits per heavy atom. The molecule has 9 nitrogen and oxygen atoms in total. The van der Waals surface area contributed by atoms with Gasteiger partial charge in [-0.2, -0.15) is 0 Å². The third-order valence-corrected chi connectivity index (χ3v) is 16.8. The summed E-state index contributed by atoms with van der Waals surface area (Å²) in [5, 5.41) is 15.2. The number of aliphatic hydroxyl groups is 1. The summed E-state index contributed by atoms with van der Waals surface area (Å²) in [7, 11) is 3.98. The molecule has 4 aliphatic rings. The third kappa shape index (κ3) is 12.7. The fourth-order valence-electron chi connectivity index (χ4n) is 11.9. The fourth-order valence-corrected chi connectivity index (χ4v) is 11.9. The molecule has 2 aromatic heterocycles. The summed E-state index contributed by atoms with van der Waals surface area (Å²) >= 11 is 0. The molecule has 0 radical (unpaired) electrons. The Balaban J connectivity index is 1.12. The van der Waals surface area contributed by atoms with Crippen molar-refractivity contribution in [2.45, 2.75) is 155 Å². The average molecular weight is 955 g/mol. The topological polar surface area (TPSA) is 95.1 Å². The number of hydrogen-bond donors (Lipinski definition) is 2. The molecule has 0 amide bonds. The molecule has 2 aliphatic carbocycles. The second-order valence-electron chi connectivity index (χ2n) is 22.1. The SMILES string of the molecule is CC1=CCCC(C)CCCCCCCCCCCC2C=C(Nc3cc(-c4cccc(-n5ccc6cc(C7CC7)cc(F)c6c5=O)c4CO)cn(C)c3=O)N=CC(C(C)C(C)CC1)C2N1CCN(C)CC1. The Kier molecular flexibility index (Phi) is 17.9. The Bertz CT molecular complexity index is 2620. The molecular formula is C60H83FN6O3. The molecule has 8 rings (SSSR count). The standard InChI is InChI=1S/C60H83FN6O3/c1-41-18-14-12-10-8-7-9-11-13-15-21-47-37-56(62-38-51(58(47)66-32-30-64(5)31-33-66)44(4)43(3)25-24-42(2)20-16-19-41)63-54-36-49(39-65(6)59(54)69)50-22-17-23-55(52(50)40-68)67-29-28-46-34-48(45-26-27-45)35-53(61)57(46)60(67)70/h17,20,22-23,28-29,34-39,41,43-45,47,51,58,63,68H,7-16,18-19,21,24-27,30-33,40H2,1-6H3. The number of rotatable bonds is 7. The molecule has 2 bridgehead atoms. The molecule has 2 aliphatic heterocycles. The number of halogens is 1. The second-order valence-corrected chi connectivity index (χ2v) is 22.1. The van der Waals surface area contributed by atoms with Crippen LogP contribution in [-0.4, -0.2) is 69.5 Å². The molecule has 70 heavy (non-hydrogen) atoms. The van der Waals surface area contributed by atoms with Crippen molar-refractivity contribution in [3.05, 3.63) is 116 Å². The van der Waals surface area contributed by atoms with Gasteiger partial charge in [0.15, 0.2) is 0 Å². The van der Waals surface area contributed by atoms with Gasteiger partial charge in [-0.05, 0) is 135 Å². The first-order valence-electron chi connectivity index (χ1n) is 27.3. The van der Waals surface area contributed by atoms with E-state index < -0.39 is 11.4 Å². The summed E-state index contributed by atoms with van der Waals surface area (Å²) in [6.45, 7) is 13.5. The summed E-state index contributed by atoms with van der Waals surface area (Å²) in [5.41, 5.74) is 4.52. The molecule has 1 saturated heterocycles. The van der Waals surface area contributed by atoms with Gasteiger partial charge in [-0.15, -0.1) is 0 Å². The van der Waals surface area contributed by atoms with Crippen molar-refractivity contribution in [3.63, 3.8) is 0 Å². The van der Waals surface area contributed by atoms with E-state index in [9.17, 15) is 14.7 Å². The lowest BCUT2D eigenvalue weighted by atomic mass is 9.73. The van der Waals surface area contributed by atoms with Gasteiger partial charge in [-0.3, -0.25) is 19.1 Å². The van der Waals surface area contributed by atoms with Crippen molar-refractivity contribution in [1.82, 2.24) is 18.9 Å². The van der Waals surface area contributed by atoms with E-state index in [0.29, 0.717) is 57.0 Å². The summed E-state index contributed by atoms with van der Waals surface area (Å²) in [6, 6.07) is 12.9. The summed E-state index contributed by atoms with van der Waals surface area (Å²) in [6.07, 6.45) is 31.5. The monoisotopic (exact) mass is 955 g/mol. The minimum Gasteiger partial charge on any atom is -0.392 e. The number of allylic oxidation sites excluding steroid dienone is 2. The van der Waals surface area contributed by atoms with Crippen LogP contribution < -0.4 is 16.4 Å². The largest absolute Gasteiger partial charge is 0.392 e. The molecule has 10 heteroatoms. The number of aromatic nitrogens is 2. The van der Waals surface area contributed by atoms with E-state index >= 15 is 4.39 Å². The Morgan fingerprint density at radius 2 is 1.53 bits per heavy atom. The maximum Gasteiger partial charge on any atom is 0.274 e. The number of pyridine rings is 2. The lowest BCUT2D eigenvalue weighted by Gasteiger charge is -2.45. The minimum atomic E-state index is -0.521. The maximum absolute atomic E-state index is 15.6. The summed E-state index contributed by atoms with van der Waals surface area (Å²) < 4.78 is 18.6. The number of piperazine rings is 1. The van der Waals surface area contributed by atoms with Gasteiger partial charge in [0.2, 0.25) is 0 Å². The van der Waals surface area contributed by atoms with Crippen molar-refractivity contribution >= 4 is 22.7 Å². The van der Waals surface area contributed by atoms with Crippen LogP contribution in [0.1, 0.15) is 154 Å². The predicted octanol–water partition coefficient (Wildman–Crippen LogP) is 12.8. The zero-order valence-corrected chi connectivity index (χ0v) is 43.4. The van der Waals surface area contributed by atoms with Gasteiger partial charge < -0.3 is 19.9 Å². The number of aliphatic imine (C=N–C) groups is 1. The highest BCUT2D eigenvalue weighted by molar-refractivity contribution is 5.84. The van der Waals surface area contributed by atoms with E-state index in [1.807, 2.05) is 24.3 Å². The molecule has 2 aromatic carbocycles. The van der Waals surface area contributed by atoms with Crippen LogP contribution in [0.25, 0.3) is 27.6 Å². The van der Waals surface area contributed by atoms with Crippen LogP contribution >= 0.6 is 0 Å². The summed E-state index contributed by atoms with van der Waals surface area (Å²) in [4.78, 5) is 38.7.